The average molecular weight is 1010 g/mol. The summed E-state index contributed by atoms with van der Waals surface area (Å²) in [5.41, 5.74) is 3.69. The molecule has 0 aliphatic heterocycles. The standard InChI is InChI=1S/C41H47N5O11S.C9H8S.C3H8/c1-3-18-46(25-36(48)43-23-35(47)42-22-30-9-7-8-29(19-30)21-38(50)51)37(49)24-44-40(52)33(20-27-12-14-28(15-13-27)26-58(54,55)56)45-41(53)39-32-11-6-5-10-31(32)16-17-34(39)57-4-2;1-7-6-10-9-5-3-2-4-8(7)9;1-3-2/h5-17,19,33H,3-4,18,20-26H2,1-2H3,(H,42,47)(H,43,48)(H,44,52)(H,45,53)(H,50,51)(H,54,55,56);2-6H,1H3;3H2,1-2H3. The Morgan fingerprint density at radius 2 is 1.39 bits per heavy atom. The van der Waals surface area contributed by atoms with Crippen molar-refractivity contribution in [3.8, 4) is 5.75 Å². The first-order chi connectivity index (χ1) is 33.9. The van der Waals surface area contributed by atoms with Gasteiger partial charge < -0.3 is 36.0 Å². The second-order valence-corrected chi connectivity index (χ2v) is 18.8. The molecule has 6 rings (SSSR count). The molecule has 18 heteroatoms. The Bertz CT molecular complexity index is 2870. The summed E-state index contributed by atoms with van der Waals surface area (Å²) in [5.74, 6) is -4.33. The van der Waals surface area contributed by atoms with Crippen molar-refractivity contribution in [2.24, 2.45) is 0 Å². The number of nitrogens with zero attached hydrogens (tertiary/aromatic N) is 1. The lowest BCUT2D eigenvalue weighted by Crippen LogP contribution is -2.51. The molecule has 0 saturated carbocycles. The van der Waals surface area contributed by atoms with E-state index in [2.05, 4.69) is 71.7 Å². The minimum Gasteiger partial charge on any atom is -0.493 e. The number of hydrogen-bond acceptors (Lipinski definition) is 10. The van der Waals surface area contributed by atoms with E-state index in [0.717, 1.165) is 5.39 Å². The monoisotopic (exact) mass is 1010 g/mol. The van der Waals surface area contributed by atoms with Gasteiger partial charge in [0, 0.05) is 24.2 Å². The van der Waals surface area contributed by atoms with Crippen LogP contribution in [0, 0.1) is 6.92 Å². The second-order valence-electron chi connectivity index (χ2n) is 16.5. The highest BCUT2D eigenvalue weighted by molar-refractivity contribution is 7.85. The van der Waals surface area contributed by atoms with Crippen LogP contribution in [0.15, 0.2) is 115 Å². The molecule has 378 valence electrons. The summed E-state index contributed by atoms with van der Waals surface area (Å²) in [5, 5.41) is 24.4. The van der Waals surface area contributed by atoms with Crippen molar-refractivity contribution >= 4 is 77.8 Å². The van der Waals surface area contributed by atoms with Crippen molar-refractivity contribution in [2.45, 2.75) is 78.6 Å². The number of rotatable bonds is 21. The van der Waals surface area contributed by atoms with Crippen LogP contribution < -0.4 is 26.0 Å². The third-order valence-electron chi connectivity index (χ3n) is 10.4. The van der Waals surface area contributed by atoms with E-state index in [1.54, 1.807) is 68.4 Å². The number of carboxylic acids is 1. The number of hydrogen-bond donors (Lipinski definition) is 6. The van der Waals surface area contributed by atoms with Crippen LogP contribution in [-0.4, -0.2) is 97.3 Å². The van der Waals surface area contributed by atoms with Crippen molar-refractivity contribution in [3.63, 3.8) is 0 Å². The Morgan fingerprint density at radius 1 is 0.732 bits per heavy atom. The predicted molar refractivity (Wildman–Crippen MR) is 277 cm³/mol. The molecule has 71 heavy (non-hydrogen) atoms. The van der Waals surface area contributed by atoms with Crippen molar-refractivity contribution in [1.29, 1.82) is 0 Å². The summed E-state index contributed by atoms with van der Waals surface area (Å²) >= 11 is 1.81. The van der Waals surface area contributed by atoms with Crippen LogP contribution in [0.25, 0.3) is 20.9 Å². The topological polar surface area (TPSA) is 238 Å². The number of aryl methyl sites for hydroxylation is 1. The molecule has 0 bridgehead atoms. The Kier molecular flexibility index (Phi) is 22.7. The van der Waals surface area contributed by atoms with Crippen molar-refractivity contribution in [1.82, 2.24) is 26.2 Å². The van der Waals surface area contributed by atoms with Gasteiger partial charge in [-0.25, -0.2) is 0 Å². The van der Waals surface area contributed by atoms with Crippen LogP contribution in [0.4, 0.5) is 0 Å². The third-order valence-corrected chi connectivity index (χ3v) is 12.2. The summed E-state index contributed by atoms with van der Waals surface area (Å²) in [7, 11) is -4.28. The zero-order valence-corrected chi connectivity index (χ0v) is 42.3. The lowest BCUT2D eigenvalue weighted by atomic mass is 10.0. The van der Waals surface area contributed by atoms with Crippen LogP contribution in [0.5, 0.6) is 5.75 Å². The number of aliphatic carboxylic acids is 1. The maximum atomic E-state index is 14.0. The largest absolute Gasteiger partial charge is 0.493 e. The van der Waals surface area contributed by atoms with Gasteiger partial charge in [-0.2, -0.15) is 8.42 Å². The maximum absolute atomic E-state index is 14.0. The highest BCUT2D eigenvalue weighted by Gasteiger charge is 2.27. The second kappa shape index (κ2) is 28.5. The molecule has 0 saturated heterocycles. The predicted octanol–water partition coefficient (Wildman–Crippen LogP) is 7.01. The van der Waals surface area contributed by atoms with Crippen molar-refractivity contribution in [2.75, 3.05) is 32.8 Å². The van der Waals surface area contributed by atoms with E-state index in [0.29, 0.717) is 39.8 Å². The minimum absolute atomic E-state index is 0.0659. The number of carboxylic acid groups (broad SMARTS) is 1. The highest BCUT2D eigenvalue weighted by atomic mass is 32.2. The van der Waals surface area contributed by atoms with E-state index < -0.39 is 70.5 Å². The molecule has 0 aliphatic rings. The summed E-state index contributed by atoms with van der Waals surface area (Å²) in [6, 6.07) is 30.7. The fraction of sp³-hybridized carbons (Fsp3) is 0.321. The van der Waals surface area contributed by atoms with Gasteiger partial charge in [-0.3, -0.25) is 33.3 Å². The Labute approximate surface area is 418 Å². The van der Waals surface area contributed by atoms with E-state index in [4.69, 9.17) is 9.84 Å². The fourth-order valence-corrected chi connectivity index (χ4v) is 8.74. The van der Waals surface area contributed by atoms with Gasteiger partial charge in [-0.1, -0.05) is 124 Å². The SMILES string of the molecule is CCC.CCCN(CC(=O)NCC(=O)NCc1cccc(CC(=O)O)c1)C(=O)CNC(=O)C(Cc1ccc(CS(=O)(=O)O)cc1)NC(=O)c1c(OCC)ccc2ccccc12.Cc1csc2ccccc12. The van der Waals surface area contributed by atoms with Gasteiger partial charge in [-0.05, 0) is 81.8 Å². The van der Waals surface area contributed by atoms with Gasteiger partial charge in [0.05, 0.1) is 38.2 Å². The number of amides is 5. The fourth-order valence-electron chi connectivity index (χ4n) is 7.18. The molecular weight excluding hydrogens is 947 g/mol. The molecule has 5 amide bonds. The lowest BCUT2D eigenvalue weighted by molar-refractivity contribution is -0.137. The molecule has 5 aromatic carbocycles. The first-order valence-corrected chi connectivity index (χ1v) is 25.7. The molecule has 0 spiro atoms. The molecular formula is C53H63N5O11S2. The summed E-state index contributed by atoms with van der Waals surface area (Å²) in [4.78, 5) is 78.5. The van der Waals surface area contributed by atoms with Gasteiger partial charge in [0.2, 0.25) is 23.6 Å². The molecule has 1 heterocycles. The molecule has 0 aliphatic carbocycles. The number of nitrogens with one attached hydrogen (secondary N) is 4. The average Bonchev–Trinajstić information content (AvgIpc) is 3.72. The van der Waals surface area contributed by atoms with Crippen LogP contribution in [0.2, 0.25) is 0 Å². The van der Waals surface area contributed by atoms with Crippen molar-refractivity contribution < 1.29 is 51.6 Å². The van der Waals surface area contributed by atoms with E-state index in [1.807, 2.05) is 29.5 Å². The van der Waals surface area contributed by atoms with Crippen LogP contribution in [-0.2, 0) is 59.2 Å². The molecule has 0 fully saturated rings. The Morgan fingerprint density at radius 3 is 2.06 bits per heavy atom. The van der Waals surface area contributed by atoms with Gasteiger partial charge in [0.15, 0.2) is 0 Å². The zero-order chi connectivity index (χ0) is 51.9. The molecule has 1 atom stereocenters. The number of fused-ring (bicyclic) bond motifs is 2. The Balaban J connectivity index is 0.000000726. The van der Waals surface area contributed by atoms with E-state index in [1.165, 1.54) is 39.1 Å². The number of carbonyl (C=O) groups excluding carboxylic acids is 5. The minimum atomic E-state index is -4.28. The number of benzene rings is 5. The summed E-state index contributed by atoms with van der Waals surface area (Å²) in [6.07, 6.45) is 1.50. The first-order valence-electron chi connectivity index (χ1n) is 23.2. The third kappa shape index (κ3) is 18.9. The molecule has 1 unspecified atom stereocenters. The quantitative estimate of drug-likeness (QED) is 0.0401. The van der Waals surface area contributed by atoms with Crippen LogP contribution in [0.3, 0.4) is 0 Å². The van der Waals surface area contributed by atoms with E-state index >= 15 is 0 Å². The summed E-state index contributed by atoms with van der Waals surface area (Å²) < 4.78 is 39.1. The van der Waals surface area contributed by atoms with E-state index in [-0.39, 0.29) is 44.6 Å². The zero-order valence-electron chi connectivity index (χ0n) is 40.7. The molecule has 6 aromatic rings. The van der Waals surface area contributed by atoms with E-state index in [9.17, 15) is 41.7 Å². The molecule has 1 aromatic heterocycles. The first kappa shape index (κ1) is 56.4. The lowest BCUT2D eigenvalue weighted by Gasteiger charge is -2.23. The van der Waals surface area contributed by atoms with Gasteiger partial charge in [0.1, 0.15) is 17.5 Å². The normalized spacial score (nSPS) is 11.2. The van der Waals surface area contributed by atoms with Gasteiger partial charge >= 0.3 is 5.97 Å². The molecule has 6 N–H and O–H groups in total. The molecule has 16 nitrogen and oxygen atoms in total. The van der Waals surface area contributed by atoms with Crippen molar-refractivity contribution in [3.05, 3.63) is 148 Å². The highest BCUT2D eigenvalue weighted by Crippen LogP contribution is 2.29. The number of carbonyl (C=O) groups is 6. The smallest absolute Gasteiger partial charge is 0.307 e. The van der Waals surface area contributed by atoms with Crippen LogP contribution >= 0.6 is 11.3 Å². The number of ether oxygens (including phenoxy) is 1. The summed E-state index contributed by atoms with van der Waals surface area (Å²) in [6.45, 7) is 9.22. The molecule has 0 radical (unpaired) electrons. The number of thiophene rings is 1. The maximum Gasteiger partial charge on any atom is 0.307 e. The van der Waals surface area contributed by atoms with Crippen LogP contribution in [0.1, 0.15) is 78.7 Å². The Hall–Kier alpha value is -7.15. The van der Waals surface area contributed by atoms with Gasteiger partial charge in [0.25, 0.3) is 16.0 Å². The van der Waals surface area contributed by atoms with Gasteiger partial charge in [-0.15, -0.1) is 11.3 Å².